The van der Waals surface area contributed by atoms with Crippen molar-refractivity contribution >= 4 is 28.3 Å². The lowest BCUT2D eigenvalue weighted by Crippen LogP contribution is -2.35. The maximum atomic E-state index is 11.4. The third-order valence-corrected chi connectivity index (χ3v) is 2.27. The summed E-state index contributed by atoms with van der Waals surface area (Å²) in [7, 11) is 0. The molecule has 0 saturated carbocycles. The molecule has 1 aromatic rings. The SMILES string of the molecule is CC(=S)NNOS(=O)c1ccccc1. The Bertz CT molecular complexity index is 329. The van der Waals surface area contributed by atoms with E-state index in [1.807, 2.05) is 6.07 Å². The van der Waals surface area contributed by atoms with Crippen LogP contribution in [0.4, 0.5) is 0 Å². The summed E-state index contributed by atoms with van der Waals surface area (Å²) in [4.78, 5) is 1.10. The molecule has 0 bridgehead atoms. The molecule has 2 N–H and O–H groups in total. The Balaban J connectivity index is 2.40. The lowest BCUT2D eigenvalue weighted by Gasteiger charge is -2.05. The molecule has 0 radical (unpaired) electrons. The molecule has 14 heavy (non-hydrogen) atoms. The fourth-order valence-electron chi connectivity index (χ4n) is 0.710. The second-order valence-electron chi connectivity index (χ2n) is 2.41. The van der Waals surface area contributed by atoms with E-state index in [0.717, 1.165) is 0 Å². The molecule has 1 rings (SSSR count). The fourth-order valence-corrected chi connectivity index (χ4v) is 1.34. The minimum absolute atomic E-state index is 0.509. The molecular weight excluding hydrogens is 220 g/mol. The first-order chi connectivity index (χ1) is 6.70. The smallest absolute Gasteiger partial charge is 0.208 e. The Labute approximate surface area is 90.2 Å². The van der Waals surface area contributed by atoms with Crippen molar-refractivity contribution in [3.8, 4) is 0 Å². The van der Waals surface area contributed by atoms with Crippen molar-refractivity contribution in [1.29, 1.82) is 0 Å². The van der Waals surface area contributed by atoms with E-state index in [0.29, 0.717) is 9.88 Å². The summed E-state index contributed by atoms with van der Waals surface area (Å²) in [5.74, 6) is 0. The normalized spacial score (nSPS) is 12.1. The van der Waals surface area contributed by atoms with Crippen molar-refractivity contribution in [2.45, 2.75) is 11.8 Å². The van der Waals surface area contributed by atoms with Crippen LogP contribution in [0.5, 0.6) is 0 Å². The van der Waals surface area contributed by atoms with Crippen molar-refractivity contribution in [3.63, 3.8) is 0 Å². The van der Waals surface area contributed by atoms with Crippen molar-refractivity contribution in [1.82, 2.24) is 11.0 Å². The van der Waals surface area contributed by atoms with Gasteiger partial charge in [-0.3, -0.25) is 5.43 Å². The Morgan fingerprint density at radius 3 is 2.64 bits per heavy atom. The summed E-state index contributed by atoms with van der Waals surface area (Å²) in [5.41, 5.74) is 4.80. The number of hydrogen-bond donors (Lipinski definition) is 2. The van der Waals surface area contributed by atoms with Gasteiger partial charge in [0.2, 0.25) is 11.1 Å². The van der Waals surface area contributed by atoms with Crippen molar-refractivity contribution in [2.24, 2.45) is 0 Å². The van der Waals surface area contributed by atoms with E-state index in [4.69, 9.17) is 16.5 Å². The van der Waals surface area contributed by atoms with Gasteiger partial charge in [0, 0.05) is 0 Å². The molecule has 0 spiro atoms. The zero-order valence-electron chi connectivity index (χ0n) is 7.52. The van der Waals surface area contributed by atoms with Crippen molar-refractivity contribution in [2.75, 3.05) is 0 Å². The van der Waals surface area contributed by atoms with Gasteiger partial charge in [-0.25, -0.2) is 4.21 Å². The molecule has 6 heteroatoms. The molecule has 0 aliphatic rings. The molecular formula is C8H10N2O2S2. The van der Waals surface area contributed by atoms with Crippen molar-refractivity contribution < 1.29 is 8.49 Å². The molecule has 0 fully saturated rings. The standard InChI is InChI=1S/C8H10N2O2S2/c1-7(13)9-10-12-14(11)8-5-3-2-4-6-8/h2-6,10H,1H3,(H,9,13). The van der Waals surface area contributed by atoms with Gasteiger partial charge in [0.15, 0.2) is 0 Å². The average Bonchev–Trinajstić information content (AvgIpc) is 2.18. The van der Waals surface area contributed by atoms with E-state index in [1.165, 1.54) is 0 Å². The summed E-state index contributed by atoms with van der Waals surface area (Å²) in [6, 6.07) is 8.83. The topological polar surface area (TPSA) is 50.4 Å². The lowest BCUT2D eigenvalue weighted by molar-refractivity contribution is 0.199. The quantitative estimate of drug-likeness (QED) is 0.599. The van der Waals surface area contributed by atoms with E-state index in [-0.39, 0.29) is 0 Å². The van der Waals surface area contributed by atoms with Gasteiger partial charge in [-0.1, -0.05) is 36.0 Å². The first-order valence-corrected chi connectivity index (χ1v) is 5.34. The minimum atomic E-state index is -1.53. The molecule has 0 aliphatic heterocycles. The number of rotatable bonds is 4. The van der Waals surface area contributed by atoms with Gasteiger partial charge in [-0.2, -0.15) is 4.28 Å². The molecule has 0 aromatic heterocycles. The highest BCUT2D eigenvalue weighted by atomic mass is 32.2. The summed E-state index contributed by atoms with van der Waals surface area (Å²) in [6.07, 6.45) is 0. The monoisotopic (exact) mass is 230 g/mol. The van der Waals surface area contributed by atoms with E-state index in [9.17, 15) is 4.21 Å². The van der Waals surface area contributed by atoms with Crippen LogP contribution in [0, 0.1) is 0 Å². The van der Waals surface area contributed by atoms with Crippen LogP contribution in [-0.2, 0) is 15.4 Å². The van der Waals surface area contributed by atoms with Crippen LogP contribution < -0.4 is 11.0 Å². The summed E-state index contributed by atoms with van der Waals surface area (Å²) in [5, 5.41) is 0. The van der Waals surface area contributed by atoms with E-state index < -0.39 is 11.1 Å². The van der Waals surface area contributed by atoms with Gasteiger partial charge in [-0.15, -0.1) is 0 Å². The van der Waals surface area contributed by atoms with Crippen LogP contribution in [0.3, 0.4) is 0 Å². The Morgan fingerprint density at radius 2 is 2.07 bits per heavy atom. The zero-order valence-corrected chi connectivity index (χ0v) is 9.15. The van der Waals surface area contributed by atoms with Gasteiger partial charge < -0.3 is 0 Å². The number of nitrogens with one attached hydrogen (secondary N) is 2. The van der Waals surface area contributed by atoms with Crippen LogP contribution in [0.15, 0.2) is 35.2 Å². The lowest BCUT2D eigenvalue weighted by atomic mass is 10.4. The van der Waals surface area contributed by atoms with Gasteiger partial charge in [-0.05, 0) is 19.1 Å². The first kappa shape index (κ1) is 11.3. The molecule has 1 unspecified atom stereocenters. The highest BCUT2D eigenvalue weighted by Gasteiger charge is 2.02. The van der Waals surface area contributed by atoms with Crippen LogP contribution in [0.25, 0.3) is 0 Å². The average molecular weight is 230 g/mol. The molecule has 1 atom stereocenters. The van der Waals surface area contributed by atoms with Gasteiger partial charge in [0.05, 0.1) is 9.88 Å². The van der Waals surface area contributed by atoms with Crippen LogP contribution in [0.2, 0.25) is 0 Å². The maximum Gasteiger partial charge on any atom is 0.208 e. The third kappa shape index (κ3) is 3.93. The van der Waals surface area contributed by atoms with Crippen LogP contribution >= 0.6 is 12.2 Å². The van der Waals surface area contributed by atoms with E-state index in [2.05, 4.69) is 11.0 Å². The Hall–Kier alpha value is -0.820. The predicted octanol–water partition coefficient (Wildman–Crippen LogP) is 1.08. The first-order valence-electron chi connectivity index (χ1n) is 3.86. The van der Waals surface area contributed by atoms with Crippen LogP contribution in [-0.4, -0.2) is 9.20 Å². The predicted molar refractivity (Wildman–Crippen MR) is 58.5 cm³/mol. The largest absolute Gasteiger partial charge is 0.292 e. The maximum absolute atomic E-state index is 11.4. The zero-order chi connectivity index (χ0) is 10.4. The van der Waals surface area contributed by atoms with E-state index in [1.54, 1.807) is 31.2 Å². The fraction of sp³-hybridized carbons (Fsp3) is 0.125. The summed E-state index contributed by atoms with van der Waals surface area (Å²) in [6.45, 7) is 1.68. The minimum Gasteiger partial charge on any atom is -0.292 e. The summed E-state index contributed by atoms with van der Waals surface area (Å²) < 4.78 is 16.1. The molecule has 0 amide bonds. The van der Waals surface area contributed by atoms with Gasteiger partial charge >= 0.3 is 0 Å². The van der Waals surface area contributed by atoms with Crippen molar-refractivity contribution in [3.05, 3.63) is 30.3 Å². The Morgan fingerprint density at radius 1 is 1.43 bits per heavy atom. The number of hydrazine groups is 1. The highest BCUT2D eigenvalue weighted by molar-refractivity contribution is 7.80. The van der Waals surface area contributed by atoms with Gasteiger partial charge in [0.25, 0.3) is 0 Å². The second kappa shape index (κ2) is 5.82. The molecule has 0 saturated heterocycles. The number of thiocarbonyl (C=S) groups is 1. The highest BCUT2D eigenvalue weighted by Crippen LogP contribution is 2.04. The van der Waals surface area contributed by atoms with E-state index >= 15 is 0 Å². The molecule has 1 aromatic carbocycles. The van der Waals surface area contributed by atoms with Crippen LogP contribution in [0.1, 0.15) is 6.92 Å². The molecule has 4 nitrogen and oxygen atoms in total. The molecule has 0 aliphatic carbocycles. The Kier molecular flexibility index (Phi) is 4.68. The van der Waals surface area contributed by atoms with Gasteiger partial charge in [0.1, 0.15) is 0 Å². The second-order valence-corrected chi connectivity index (χ2v) is 4.13. The number of benzene rings is 1. The third-order valence-electron chi connectivity index (χ3n) is 1.28. The number of hydrogen-bond acceptors (Lipinski definition) is 4. The summed E-state index contributed by atoms with van der Waals surface area (Å²) >= 11 is 3.18. The molecule has 76 valence electrons. The molecule has 0 heterocycles.